The smallest absolute Gasteiger partial charge is 0.170 e. The fraction of sp³-hybridized carbons (Fsp3) is 0.217. The molecular weight excluding hydrogens is 406 g/mol. The van der Waals surface area contributed by atoms with Gasteiger partial charge in [0.2, 0.25) is 0 Å². The zero-order valence-corrected chi connectivity index (χ0v) is 18.2. The summed E-state index contributed by atoms with van der Waals surface area (Å²) < 4.78 is 4.01. The summed E-state index contributed by atoms with van der Waals surface area (Å²) in [6, 6.07) is 18.6. The zero-order chi connectivity index (χ0) is 21.4. The fourth-order valence-electron chi connectivity index (χ4n) is 4.43. The number of hydrogen-bond acceptors (Lipinski definition) is 4. The van der Waals surface area contributed by atoms with Gasteiger partial charge in [-0.1, -0.05) is 36.4 Å². The van der Waals surface area contributed by atoms with Crippen LogP contribution in [0.2, 0.25) is 0 Å². The van der Waals surface area contributed by atoms with E-state index in [4.69, 9.17) is 12.2 Å². The third-order valence-electron chi connectivity index (χ3n) is 5.78. The lowest BCUT2D eigenvalue weighted by atomic mass is 9.96. The van der Waals surface area contributed by atoms with Crippen LogP contribution in [0, 0.1) is 13.8 Å². The molecule has 0 radical (unpaired) electrons. The Bertz CT molecular complexity index is 1190. The van der Waals surface area contributed by atoms with E-state index in [0.717, 1.165) is 28.7 Å². The molecule has 31 heavy (non-hydrogen) atoms. The van der Waals surface area contributed by atoms with Crippen molar-refractivity contribution >= 4 is 17.3 Å². The maximum absolute atomic E-state index is 5.81. The van der Waals surface area contributed by atoms with Crippen LogP contribution in [0.25, 0.3) is 0 Å². The van der Waals surface area contributed by atoms with Crippen LogP contribution in [0.3, 0.4) is 0 Å². The Morgan fingerprint density at radius 1 is 1.00 bits per heavy atom. The summed E-state index contributed by atoms with van der Waals surface area (Å²) in [5.74, 6) is 0. The summed E-state index contributed by atoms with van der Waals surface area (Å²) >= 11 is 5.81. The summed E-state index contributed by atoms with van der Waals surface area (Å²) in [7, 11) is 0. The van der Waals surface area contributed by atoms with Gasteiger partial charge in [-0.05, 0) is 49.8 Å². The van der Waals surface area contributed by atoms with E-state index in [1.807, 2.05) is 29.1 Å². The molecule has 1 aliphatic heterocycles. The number of pyridine rings is 1. The molecule has 0 amide bonds. The van der Waals surface area contributed by atoms with Gasteiger partial charge in [0.25, 0.3) is 0 Å². The molecule has 7 nitrogen and oxygen atoms in total. The minimum Gasteiger partial charge on any atom is -0.352 e. The normalized spacial score (nSPS) is 18.4. The molecule has 1 fully saturated rings. The van der Waals surface area contributed by atoms with Crippen LogP contribution in [-0.4, -0.2) is 34.5 Å². The van der Waals surface area contributed by atoms with Gasteiger partial charge in [-0.2, -0.15) is 0 Å². The fourth-order valence-corrected chi connectivity index (χ4v) is 4.73. The van der Waals surface area contributed by atoms with E-state index in [0.29, 0.717) is 0 Å². The topological polar surface area (TPSA) is 63.8 Å². The molecule has 3 aromatic heterocycles. The van der Waals surface area contributed by atoms with Gasteiger partial charge >= 0.3 is 0 Å². The van der Waals surface area contributed by atoms with Crippen LogP contribution in [0.1, 0.15) is 40.3 Å². The highest BCUT2D eigenvalue weighted by Crippen LogP contribution is 2.41. The number of nitrogens with zero attached hydrogens (tertiary/aromatic N) is 6. The molecule has 5 rings (SSSR count). The van der Waals surface area contributed by atoms with Gasteiger partial charge < -0.3 is 10.2 Å². The molecule has 156 valence electrons. The first-order chi connectivity index (χ1) is 15.1. The highest BCUT2D eigenvalue weighted by Gasteiger charge is 2.41. The van der Waals surface area contributed by atoms with Crippen LogP contribution in [0.4, 0.5) is 0 Å². The van der Waals surface area contributed by atoms with E-state index in [1.54, 1.807) is 12.7 Å². The van der Waals surface area contributed by atoms with Crippen molar-refractivity contribution in [3.05, 3.63) is 102 Å². The third kappa shape index (κ3) is 3.48. The number of nitrogens with one attached hydrogen (secondary N) is 1. The van der Waals surface area contributed by atoms with Gasteiger partial charge in [0.05, 0.1) is 17.8 Å². The summed E-state index contributed by atoms with van der Waals surface area (Å²) in [5, 5.41) is 12.2. The van der Waals surface area contributed by atoms with E-state index in [9.17, 15) is 0 Å². The molecule has 0 aliphatic carbocycles. The van der Waals surface area contributed by atoms with Crippen molar-refractivity contribution in [1.82, 2.24) is 34.8 Å². The summed E-state index contributed by atoms with van der Waals surface area (Å²) in [4.78, 5) is 6.91. The lowest BCUT2D eigenvalue weighted by Gasteiger charge is -2.28. The SMILES string of the molecule is Cc1cc([C@H]2[C@H](c3ccccn3)NC(=S)N2Cc2ccccc2)c(C)n1-n1cnnc1. The predicted octanol–water partition coefficient (Wildman–Crippen LogP) is 3.58. The molecule has 4 aromatic rings. The Labute approximate surface area is 186 Å². The number of hydrogen-bond donors (Lipinski definition) is 1. The molecule has 1 aromatic carbocycles. The Kier molecular flexibility index (Phi) is 4.99. The van der Waals surface area contributed by atoms with Crippen molar-refractivity contribution in [3.8, 4) is 0 Å². The first-order valence-electron chi connectivity index (χ1n) is 10.2. The van der Waals surface area contributed by atoms with Gasteiger partial charge in [0.15, 0.2) is 5.11 Å². The molecule has 1 N–H and O–H groups in total. The second-order valence-electron chi connectivity index (χ2n) is 7.72. The number of benzene rings is 1. The molecule has 1 aliphatic rings. The molecule has 4 heterocycles. The van der Waals surface area contributed by atoms with E-state index in [-0.39, 0.29) is 12.1 Å². The van der Waals surface area contributed by atoms with E-state index >= 15 is 0 Å². The second-order valence-corrected chi connectivity index (χ2v) is 8.11. The Balaban J connectivity index is 1.62. The Morgan fingerprint density at radius 3 is 2.45 bits per heavy atom. The van der Waals surface area contributed by atoms with Crippen molar-refractivity contribution in [1.29, 1.82) is 0 Å². The summed E-state index contributed by atoms with van der Waals surface area (Å²) in [5.41, 5.74) is 5.60. The molecule has 8 heteroatoms. The van der Waals surface area contributed by atoms with Crippen molar-refractivity contribution in [2.24, 2.45) is 0 Å². The zero-order valence-electron chi connectivity index (χ0n) is 17.4. The molecule has 0 bridgehead atoms. The number of rotatable bonds is 5. The average Bonchev–Trinajstić information content (AvgIpc) is 3.49. The molecular formula is C23H23N7S. The van der Waals surface area contributed by atoms with Gasteiger partial charge in [0, 0.05) is 29.7 Å². The maximum Gasteiger partial charge on any atom is 0.170 e. The molecule has 0 unspecified atom stereocenters. The van der Waals surface area contributed by atoms with E-state index in [1.165, 1.54) is 11.1 Å². The monoisotopic (exact) mass is 429 g/mol. The maximum atomic E-state index is 5.81. The highest BCUT2D eigenvalue weighted by molar-refractivity contribution is 7.80. The highest BCUT2D eigenvalue weighted by atomic mass is 32.1. The van der Waals surface area contributed by atoms with E-state index in [2.05, 4.69) is 80.3 Å². The third-order valence-corrected chi connectivity index (χ3v) is 6.14. The van der Waals surface area contributed by atoms with Crippen LogP contribution >= 0.6 is 12.2 Å². The van der Waals surface area contributed by atoms with Crippen molar-refractivity contribution in [2.45, 2.75) is 32.5 Å². The largest absolute Gasteiger partial charge is 0.352 e. The van der Waals surface area contributed by atoms with Gasteiger partial charge in [-0.25, -0.2) is 4.68 Å². The van der Waals surface area contributed by atoms with Crippen molar-refractivity contribution < 1.29 is 0 Å². The summed E-state index contributed by atoms with van der Waals surface area (Å²) in [6.45, 7) is 4.94. The first-order valence-corrected chi connectivity index (χ1v) is 10.6. The predicted molar refractivity (Wildman–Crippen MR) is 122 cm³/mol. The van der Waals surface area contributed by atoms with Crippen LogP contribution < -0.4 is 5.32 Å². The number of aryl methyl sites for hydroxylation is 1. The first kappa shape index (κ1) is 19.4. The van der Waals surface area contributed by atoms with Crippen molar-refractivity contribution in [3.63, 3.8) is 0 Å². The lowest BCUT2D eigenvalue weighted by molar-refractivity contribution is 0.309. The van der Waals surface area contributed by atoms with Crippen LogP contribution in [0.5, 0.6) is 0 Å². The van der Waals surface area contributed by atoms with Crippen LogP contribution in [-0.2, 0) is 6.54 Å². The number of aromatic nitrogens is 5. The second kappa shape index (κ2) is 7.96. The molecule has 2 atom stereocenters. The van der Waals surface area contributed by atoms with Crippen molar-refractivity contribution in [2.75, 3.05) is 0 Å². The molecule has 1 saturated heterocycles. The minimum atomic E-state index is -0.0488. The van der Waals surface area contributed by atoms with Crippen LogP contribution in [0.15, 0.2) is 73.4 Å². The van der Waals surface area contributed by atoms with E-state index < -0.39 is 0 Å². The standard InChI is InChI=1S/C23H23N7S/c1-16-12-19(17(2)30(16)28-14-25-26-15-28)22-21(20-10-6-7-11-24-20)27-23(31)29(22)13-18-8-4-3-5-9-18/h3-12,14-15,21-22H,13H2,1-2H3,(H,27,31)/t21-,22-/m0/s1. The molecule has 0 saturated carbocycles. The Morgan fingerprint density at radius 2 is 1.74 bits per heavy atom. The quantitative estimate of drug-likeness (QED) is 0.490. The average molecular weight is 430 g/mol. The van der Waals surface area contributed by atoms with Gasteiger partial charge in [0.1, 0.15) is 12.7 Å². The minimum absolute atomic E-state index is 0.000892. The Hall–Kier alpha value is -3.52. The lowest BCUT2D eigenvalue weighted by Crippen LogP contribution is -2.29. The molecule has 0 spiro atoms. The number of thiocarbonyl (C=S) groups is 1. The van der Waals surface area contributed by atoms with Gasteiger partial charge in [-0.3, -0.25) is 9.66 Å². The van der Waals surface area contributed by atoms with Gasteiger partial charge in [-0.15, -0.1) is 10.2 Å². The summed E-state index contributed by atoms with van der Waals surface area (Å²) in [6.07, 6.45) is 5.25.